The van der Waals surface area contributed by atoms with E-state index in [1.807, 2.05) is 18.2 Å². The van der Waals surface area contributed by atoms with Crippen LogP contribution in [0.25, 0.3) is 0 Å². The molecule has 2 aliphatic rings. The highest BCUT2D eigenvalue weighted by Crippen LogP contribution is 2.45. The van der Waals surface area contributed by atoms with Crippen molar-refractivity contribution in [3.63, 3.8) is 0 Å². The van der Waals surface area contributed by atoms with Crippen molar-refractivity contribution in [2.45, 2.75) is 25.2 Å². The third-order valence-electron chi connectivity index (χ3n) is 8.27. The summed E-state index contributed by atoms with van der Waals surface area (Å²) in [5.74, 6) is -2.50. The second kappa shape index (κ2) is 12.5. The lowest BCUT2D eigenvalue weighted by Crippen LogP contribution is -2.31. The summed E-state index contributed by atoms with van der Waals surface area (Å²) in [6.07, 6.45) is 2.07. The fourth-order valence-corrected chi connectivity index (χ4v) is 5.98. The van der Waals surface area contributed by atoms with Gasteiger partial charge in [-0.1, -0.05) is 54.6 Å². The molecular formula is C36H29NO7. The molecule has 1 saturated heterocycles. The number of rotatable bonds is 8. The number of imide groups is 1. The highest BCUT2D eigenvalue weighted by atomic mass is 16.5. The number of hydrogen-bond acceptors (Lipinski definition) is 7. The number of fused-ring (bicyclic) bond motifs is 1. The van der Waals surface area contributed by atoms with E-state index < -0.39 is 30.2 Å². The second-order valence-electron chi connectivity index (χ2n) is 11.0. The van der Waals surface area contributed by atoms with Gasteiger partial charge in [-0.05, 0) is 85.3 Å². The number of carbonyl (C=O) groups excluding carboxylic acids is 5. The van der Waals surface area contributed by atoms with Crippen molar-refractivity contribution in [2.75, 3.05) is 11.5 Å². The van der Waals surface area contributed by atoms with Crippen LogP contribution in [0.3, 0.4) is 0 Å². The normalized spacial score (nSPS) is 19.3. The molecule has 2 amide bonds. The number of ketones is 1. The number of esters is 2. The number of amides is 2. The molecule has 0 N–H and O–H groups in total. The van der Waals surface area contributed by atoms with E-state index in [2.05, 4.69) is 12.1 Å². The Morgan fingerprint density at radius 2 is 1.32 bits per heavy atom. The topological polar surface area (TPSA) is 107 Å². The molecule has 3 unspecified atom stereocenters. The van der Waals surface area contributed by atoms with Crippen LogP contribution < -0.4 is 9.64 Å². The van der Waals surface area contributed by atoms with E-state index in [1.54, 1.807) is 42.5 Å². The van der Waals surface area contributed by atoms with Crippen LogP contribution in [-0.4, -0.2) is 36.1 Å². The largest absolute Gasteiger partial charge is 0.454 e. The van der Waals surface area contributed by atoms with Gasteiger partial charge in [0.15, 0.2) is 12.4 Å². The molecule has 44 heavy (non-hydrogen) atoms. The van der Waals surface area contributed by atoms with Gasteiger partial charge in [0.25, 0.3) is 0 Å². The Kier molecular flexibility index (Phi) is 8.14. The van der Waals surface area contributed by atoms with Crippen molar-refractivity contribution in [3.8, 4) is 5.75 Å². The molecule has 8 heteroatoms. The molecule has 1 saturated carbocycles. The van der Waals surface area contributed by atoms with Gasteiger partial charge < -0.3 is 9.47 Å². The van der Waals surface area contributed by atoms with Crippen LogP contribution in [0.1, 0.15) is 61.8 Å². The molecule has 1 heterocycles. The van der Waals surface area contributed by atoms with Gasteiger partial charge in [0, 0.05) is 5.56 Å². The zero-order valence-corrected chi connectivity index (χ0v) is 23.8. The number of Topliss-reactive ketones (excluding diaryl/α,β-unsaturated/α-hetero) is 1. The van der Waals surface area contributed by atoms with Gasteiger partial charge in [-0.15, -0.1) is 0 Å². The Hall–Kier alpha value is -5.37. The van der Waals surface area contributed by atoms with Crippen LogP contribution in [0, 0.1) is 11.8 Å². The zero-order valence-electron chi connectivity index (χ0n) is 23.8. The van der Waals surface area contributed by atoms with Crippen LogP contribution in [0.4, 0.5) is 5.69 Å². The van der Waals surface area contributed by atoms with Gasteiger partial charge in [0.05, 0.1) is 28.7 Å². The quantitative estimate of drug-likeness (QED) is 0.107. The molecule has 220 valence electrons. The maximum absolute atomic E-state index is 13.5. The van der Waals surface area contributed by atoms with Crippen molar-refractivity contribution < 1.29 is 33.4 Å². The first-order chi connectivity index (χ1) is 21.4. The molecule has 0 bridgehead atoms. The Morgan fingerprint density at radius 3 is 2.05 bits per heavy atom. The highest BCUT2D eigenvalue weighted by Gasteiger charge is 2.50. The maximum Gasteiger partial charge on any atom is 0.343 e. The van der Waals surface area contributed by atoms with Gasteiger partial charge >= 0.3 is 11.9 Å². The first-order valence-corrected chi connectivity index (χ1v) is 14.5. The first-order valence-electron chi connectivity index (χ1n) is 14.5. The van der Waals surface area contributed by atoms with Crippen LogP contribution in [0.5, 0.6) is 5.75 Å². The van der Waals surface area contributed by atoms with E-state index in [9.17, 15) is 24.0 Å². The Balaban J connectivity index is 1.07. The second-order valence-corrected chi connectivity index (χ2v) is 11.0. The standard InChI is InChI=1S/C36H29NO7/c38-32(24-14-17-29(18-15-24)44-36(42)25-10-5-2-6-11-25)22-43-35(41)27-12-7-13-28(20-27)37-33(39)30-19-16-26(21-31(30)34(37)40)23-8-3-1-4-9-23/h1-15,17-18,20,26,30-31H,16,19,21-22H2. The summed E-state index contributed by atoms with van der Waals surface area (Å²) >= 11 is 0. The van der Waals surface area contributed by atoms with Crippen LogP contribution in [-0.2, 0) is 14.3 Å². The monoisotopic (exact) mass is 587 g/mol. The fourth-order valence-electron chi connectivity index (χ4n) is 5.98. The number of ether oxygens (including phenoxy) is 2. The van der Waals surface area contributed by atoms with E-state index in [-0.39, 0.29) is 40.5 Å². The summed E-state index contributed by atoms with van der Waals surface area (Å²) in [4.78, 5) is 65.7. The van der Waals surface area contributed by atoms with Gasteiger partial charge in [0.1, 0.15) is 5.75 Å². The molecule has 2 fully saturated rings. The Morgan fingerprint density at radius 1 is 0.659 bits per heavy atom. The first kappa shape index (κ1) is 28.7. The molecule has 1 aliphatic heterocycles. The highest BCUT2D eigenvalue weighted by molar-refractivity contribution is 6.22. The predicted octanol–water partition coefficient (Wildman–Crippen LogP) is 6.02. The number of carbonyl (C=O) groups is 5. The molecule has 1 aliphatic carbocycles. The van der Waals surface area contributed by atoms with Gasteiger partial charge in [-0.2, -0.15) is 0 Å². The van der Waals surface area contributed by atoms with Crippen molar-refractivity contribution >= 4 is 35.2 Å². The Labute approximate surface area is 254 Å². The lowest BCUT2D eigenvalue weighted by molar-refractivity contribution is -0.122. The minimum Gasteiger partial charge on any atom is -0.454 e. The molecule has 6 rings (SSSR count). The van der Waals surface area contributed by atoms with Crippen LogP contribution in [0.2, 0.25) is 0 Å². The molecule has 4 aromatic carbocycles. The third kappa shape index (κ3) is 5.92. The summed E-state index contributed by atoms with van der Waals surface area (Å²) in [6.45, 7) is -0.515. The minimum absolute atomic E-state index is 0.121. The number of hydrogen-bond donors (Lipinski definition) is 0. The molecule has 0 spiro atoms. The van der Waals surface area contributed by atoms with Crippen LogP contribution in [0.15, 0.2) is 109 Å². The fraction of sp³-hybridized carbons (Fsp3) is 0.194. The molecule has 3 atom stereocenters. The van der Waals surface area contributed by atoms with E-state index in [0.29, 0.717) is 24.1 Å². The Bertz CT molecular complexity index is 1720. The maximum atomic E-state index is 13.5. The molecule has 0 radical (unpaired) electrons. The van der Waals surface area contributed by atoms with E-state index in [0.717, 1.165) is 6.42 Å². The third-order valence-corrected chi connectivity index (χ3v) is 8.27. The summed E-state index contributed by atoms with van der Waals surface area (Å²) in [5, 5.41) is 0. The number of benzene rings is 4. The van der Waals surface area contributed by atoms with Gasteiger partial charge in [-0.3, -0.25) is 19.3 Å². The lowest BCUT2D eigenvalue weighted by Gasteiger charge is -2.28. The summed E-state index contributed by atoms with van der Waals surface area (Å²) in [5.41, 5.74) is 2.28. The van der Waals surface area contributed by atoms with Crippen molar-refractivity contribution in [3.05, 3.63) is 131 Å². The average Bonchev–Trinajstić information content (AvgIpc) is 3.33. The molecule has 0 aromatic heterocycles. The molecule has 4 aromatic rings. The number of anilines is 1. The van der Waals surface area contributed by atoms with E-state index in [4.69, 9.17) is 9.47 Å². The minimum atomic E-state index is -0.755. The molecular weight excluding hydrogens is 558 g/mol. The van der Waals surface area contributed by atoms with Gasteiger partial charge in [-0.25, -0.2) is 9.59 Å². The van der Waals surface area contributed by atoms with Crippen molar-refractivity contribution in [2.24, 2.45) is 11.8 Å². The van der Waals surface area contributed by atoms with E-state index >= 15 is 0 Å². The predicted molar refractivity (Wildman–Crippen MR) is 161 cm³/mol. The summed E-state index contributed by atoms with van der Waals surface area (Å²) in [7, 11) is 0. The zero-order chi connectivity index (χ0) is 30.6. The summed E-state index contributed by atoms with van der Waals surface area (Å²) in [6, 6.07) is 30.7. The summed E-state index contributed by atoms with van der Waals surface area (Å²) < 4.78 is 10.6. The SMILES string of the molecule is O=C(COC(=O)c1cccc(N2C(=O)C3CCC(c4ccccc4)CC3C2=O)c1)c1ccc(OC(=O)c2ccccc2)cc1. The van der Waals surface area contributed by atoms with Crippen LogP contribution >= 0.6 is 0 Å². The van der Waals surface area contributed by atoms with Gasteiger partial charge in [0.2, 0.25) is 11.8 Å². The van der Waals surface area contributed by atoms with E-state index in [1.165, 1.54) is 46.9 Å². The van der Waals surface area contributed by atoms with Crippen molar-refractivity contribution in [1.29, 1.82) is 0 Å². The smallest absolute Gasteiger partial charge is 0.343 e. The average molecular weight is 588 g/mol. The lowest BCUT2D eigenvalue weighted by atomic mass is 9.73. The molecule has 8 nitrogen and oxygen atoms in total. The van der Waals surface area contributed by atoms with Crippen molar-refractivity contribution in [1.82, 2.24) is 0 Å². The number of nitrogens with zero attached hydrogens (tertiary/aromatic N) is 1.